The van der Waals surface area contributed by atoms with Gasteiger partial charge in [0.2, 0.25) is 5.95 Å². The van der Waals surface area contributed by atoms with Gasteiger partial charge < -0.3 is 15.1 Å². The number of alkyl halides is 3. The largest absolute Gasteiger partial charge is 0.433 e. The lowest BCUT2D eigenvalue weighted by molar-refractivity contribution is -0.141. The predicted octanol–water partition coefficient (Wildman–Crippen LogP) is 3.42. The maximum absolute atomic E-state index is 13.1. The molecule has 0 fully saturated rings. The van der Waals surface area contributed by atoms with Crippen molar-refractivity contribution in [1.29, 1.82) is 0 Å². The standard InChI is InChI=1S/C17H21F4N5/c1-25(2)13(11-5-7-12(18)8-6-11)10-22-16-23-14(17(19,20)21)9-15(24-16)26(3)4/h5-9,13H,10H2,1-4H3,(H,22,23,24). The fourth-order valence-corrected chi connectivity index (χ4v) is 2.36. The molecule has 1 atom stereocenters. The summed E-state index contributed by atoms with van der Waals surface area (Å²) < 4.78 is 52.3. The summed E-state index contributed by atoms with van der Waals surface area (Å²) in [6.45, 7) is 0.257. The van der Waals surface area contributed by atoms with Crippen LogP contribution in [0.25, 0.3) is 0 Å². The maximum Gasteiger partial charge on any atom is 0.433 e. The molecule has 0 saturated carbocycles. The van der Waals surface area contributed by atoms with Gasteiger partial charge in [0.15, 0.2) is 5.69 Å². The number of halogens is 4. The molecule has 9 heteroatoms. The Morgan fingerprint density at radius 3 is 2.15 bits per heavy atom. The fraction of sp³-hybridized carbons (Fsp3) is 0.412. The van der Waals surface area contributed by atoms with Gasteiger partial charge in [-0.3, -0.25) is 0 Å². The van der Waals surface area contributed by atoms with Crippen LogP contribution in [0.2, 0.25) is 0 Å². The molecule has 1 heterocycles. The van der Waals surface area contributed by atoms with E-state index in [9.17, 15) is 17.6 Å². The summed E-state index contributed by atoms with van der Waals surface area (Å²) in [5, 5.41) is 2.86. The van der Waals surface area contributed by atoms with Crippen molar-refractivity contribution < 1.29 is 17.6 Å². The van der Waals surface area contributed by atoms with Crippen LogP contribution in [0.15, 0.2) is 30.3 Å². The van der Waals surface area contributed by atoms with E-state index in [0.29, 0.717) is 0 Å². The van der Waals surface area contributed by atoms with Gasteiger partial charge in [-0.1, -0.05) is 12.1 Å². The first-order valence-corrected chi connectivity index (χ1v) is 7.87. The molecule has 1 aromatic heterocycles. The zero-order chi connectivity index (χ0) is 19.5. The van der Waals surface area contributed by atoms with Crippen LogP contribution in [0.1, 0.15) is 17.3 Å². The van der Waals surface area contributed by atoms with Crippen LogP contribution < -0.4 is 10.2 Å². The molecule has 0 radical (unpaired) electrons. The van der Waals surface area contributed by atoms with Crippen molar-refractivity contribution in [2.45, 2.75) is 12.2 Å². The molecule has 0 aliphatic rings. The number of rotatable bonds is 6. The highest BCUT2D eigenvalue weighted by molar-refractivity contribution is 5.44. The summed E-state index contributed by atoms with van der Waals surface area (Å²) in [6.07, 6.45) is -4.57. The first-order chi connectivity index (χ1) is 12.1. The van der Waals surface area contributed by atoms with Crippen molar-refractivity contribution in [3.8, 4) is 0 Å². The molecule has 26 heavy (non-hydrogen) atoms. The van der Waals surface area contributed by atoms with Gasteiger partial charge in [0, 0.05) is 26.7 Å². The van der Waals surface area contributed by atoms with Gasteiger partial charge in [-0.15, -0.1) is 0 Å². The van der Waals surface area contributed by atoms with Crippen LogP contribution in [0.4, 0.5) is 29.3 Å². The molecule has 0 aliphatic heterocycles. The maximum atomic E-state index is 13.1. The minimum Gasteiger partial charge on any atom is -0.363 e. The second-order valence-corrected chi connectivity index (χ2v) is 6.24. The molecule has 5 nitrogen and oxygen atoms in total. The average Bonchev–Trinajstić information content (AvgIpc) is 2.55. The lowest BCUT2D eigenvalue weighted by Gasteiger charge is -2.25. The second kappa shape index (κ2) is 7.86. The number of nitrogens with one attached hydrogen (secondary N) is 1. The number of hydrogen-bond acceptors (Lipinski definition) is 5. The fourth-order valence-electron chi connectivity index (χ4n) is 2.36. The molecule has 0 bridgehead atoms. The Morgan fingerprint density at radius 2 is 1.65 bits per heavy atom. The summed E-state index contributed by atoms with van der Waals surface area (Å²) in [5.74, 6) is -0.313. The number of nitrogens with zero attached hydrogens (tertiary/aromatic N) is 4. The molecular formula is C17H21F4N5. The van der Waals surface area contributed by atoms with Crippen LogP contribution in [-0.4, -0.2) is 49.6 Å². The van der Waals surface area contributed by atoms with Crippen molar-refractivity contribution in [3.05, 3.63) is 47.4 Å². The van der Waals surface area contributed by atoms with Crippen molar-refractivity contribution in [3.63, 3.8) is 0 Å². The number of anilines is 2. The Kier molecular flexibility index (Phi) is 6.01. The third kappa shape index (κ3) is 5.04. The number of hydrogen-bond donors (Lipinski definition) is 1. The van der Waals surface area contributed by atoms with E-state index in [2.05, 4.69) is 15.3 Å². The van der Waals surface area contributed by atoms with E-state index in [1.54, 1.807) is 26.2 Å². The van der Waals surface area contributed by atoms with E-state index in [-0.39, 0.29) is 30.2 Å². The Bertz CT molecular complexity index is 729. The van der Waals surface area contributed by atoms with E-state index in [4.69, 9.17) is 0 Å². The zero-order valence-electron chi connectivity index (χ0n) is 15.0. The van der Waals surface area contributed by atoms with Crippen LogP contribution >= 0.6 is 0 Å². The van der Waals surface area contributed by atoms with E-state index >= 15 is 0 Å². The van der Waals surface area contributed by atoms with E-state index in [1.165, 1.54) is 17.0 Å². The Balaban J connectivity index is 2.25. The van der Waals surface area contributed by atoms with Crippen molar-refractivity contribution in [1.82, 2.24) is 14.9 Å². The molecule has 0 amide bonds. The number of likely N-dealkylation sites (N-methyl/N-ethyl adjacent to an activating group) is 1. The van der Waals surface area contributed by atoms with Crippen LogP contribution in [-0.2, 0) is 6.18 Å². The topological polar surface area (TPSA) is 44.3 Å². The first kappa shape index (κ1) is 19.9. The lowest BCUT2D eigenvalue weighted by atomic mass is 10.1. The van der Waals surface area contributed by atoms with Gasteiger partial charge in [-0.2, -0.15) is 18.2 Å². The minimum atomic E-state index is -4.57. The van der Waals surface area contributed by atoms with Gasteiger partial charge in [0.1, 0.15) is 11.6 Å². The second-order valence-electron chi connectivity index (χ2n) is 6.24. The minimum absolute atomic E-state index is 0.113. The monoisotopic (exact) mass is 371 g/mol. The molecule has 0 aliphatic carbocycles. The molecule has 0 spiro atoms. The van der Waals surface area contributed by atoms with Gasteiger partial charge in [-0.25, -0.2) is 9.37 Å². The number of aromatic nitrogens is 2. The van der Waals surface area contributed by atoms with Crippen molar-refractivity contribution in [2.24, 2.45) is 0 Å². The zero-order valence-corrected chi connectivity index (χ0v) is 15.0. The van der Waals surface area contributed by atoms with Crippen molar-refractivity contribution >= 4 is 11.8 Å². The first-order valence-electron chi connectivity index (χ1n) is 7.87. The van der Waals surface area contributed by atoms with Gasteiger partial charge >= 0.3 is 6.18 Å². The van der Waals surface area contributed by atoms with Crippen molar-refractivity contribution in [2.75, 3.05) is 45.0 Å². The highest BCUT2D eigenvalue weighted by Crippen LogP contribution is 2.30. The molecule has 0 saturated heterocycles. The normalized spacial score (nSPS) is 13.0. The quantitative estimate of drug-likeness (QED) is 0.789. The van der Waals surface area contributed by atoms with Crippen LogP contribution in [0.3, 0.4) is 0 Å². The van der Waals surface area contributed by atoms with Gasteiger partial charge in [0.25, 0.3) is 0 Å². The van der Waals surface area contributed by atoms with Crippen LogP contribution in [0, 0.1) is 5.82 Å². The van der Waals surface area contributed by atoms with Crippen LogP contribution in [0.5, 0.6) is 0 Å². The lowest BCUT2D eigenvalue weighted by Crippen LogP contribution is -2.28. The Labute approximate surface area is 149 Å². The molecular weight excluding hydrogens is 350 g/mol. The summed E-state index contributed by atoms with van der Waals surface area (Å²) in [7, 11) is 6.86. The average molecular weight is 371 g/mol. The summed E-state index contributed by atoms with van der Waals surface area (Å²) in [5.41, 5.74) is -0.189. The highest BCUT2D eigenvalue weighted by Gasteiger charge is 2.34. The molecule has 142 valence electrons. The van der Waals surface area contributed by atoms with E-state index in [0.717, 1.165) is 11.6 Å². The molecule has 1 unspecified atom stereocenters. The smallest absolute Gasteiger partial charge is 0.363 e. The highest BCUT2D eigenvalue weighted by atomic mass is 19.4. The molecule has 1 aromatic carbocycles. The third-order valence-electron chi connectivity index (χ3n) is 3.79. The third-order valence-corrected chi connectivity index (χ3v) is 3.79. The number of benzene rings is 1. The predicted molar refractivity (Wildman–Crippen MR) is 92.7 cm³/mol. The molecule has 2 aromatic rings. The molecule has 1 N–H and O–H groups in total. The summed E-state index contributed by atoms with van der Waals surface area (Å²) in [4.78, 5) is 11.0. The van der Waals surface area contributed by atoms with E-state index in [1.807, 2.05) is 19.0 Å². The molecule has 2 rings (SSSR count). The SMILES string of the molecule is CN(C)c1cc(C(F)(F)F)nc(NCC(c2ccc(F)cc2)N(C)C)n1. The Hall–Kier alpha value is -2.42. The van der Waals surface area contributed by atoms with Gasteiger partial charge in [-0.05, 0) is 31.8 Å². The van der Waals surface area contributed by atoms with Gasteiger partial charge in [0.05, 0.1) is 6.04 Å². The summed E-state index contributed by atoms with van der Waals surface area (Å²) in [6, 6.07) is 6.67. The summed E-state index contributed by atoms with van der Waals surface area (Å²) >= 11 is 0. The Morgan fingerprint density at radius 1 is 1.04 bits per heavy atom. The van der Waals surface area contributed by atoms with E-state index < -0.39 is 11.9 Å².